The SMILES string of the molecule is CCOc1cc2occ(-c3ccc(Cl)cc3)c2cc1/C(C)=C/C(=O)N1CCCC(C)C1. The number of hydrogen-bond acceptors (Lipinski definition) is 3. The molecule has 162 valence electrons. The van der Waals surface area contributed by atoms with Gasteiger partial charge in [-0.1, -0.05) is 30.7 Å². The van der Waals surface area contributed by atoms with Crippen molar-refractivity contribution < 1.29 is 13.9 Å². The van der Waals surface area contributed by atoms with Crippen LogP contribution in [0.4, 0.5) is 0 Å². The number of carbonyl (C=O) groups excluding carboxylic acids is 1. The van der Waals surface area contributed by atoms with Crippen LogP contribution < -0.4 is 4.74 Å². The van der Waals surface area contributed by atoms with Crippen LogP contribution in [0.3, 0.4) is 0 Å². The number of likely N-dealkylation sites (tertiary alicyclic amines) is 1. The van der Waals surface area contributed by atoms with Crippen molar-refractivity contribution >= 4 is 34.1 Å². The number of amides is 1. The molecule has 0 bridgehead atoms. The maximum absolute atomic E-state index is 12.9. The average Bonchev–Trinajstić information content (AvgIpc) is 3.16. The van der Waals surface area contributed by atoms with Gasteiger partial charge in [-0.3, -0.25) is 4.79 Å². The van der Waals surface area contributed by atoms with Gasteiger partial charge < -0.3 is 14.1 Å². The van der Waals surface area contributed by atoms with Crippen molar-refractivity contribution in [2.24, 2.45) is 5.92 Å². The Balaban J connectivity index is 1.74. The van der Waals surface area contributed by atoms with Crippen LogP contribution in [-0.4, -0.2) is 30.5 Å². The summed E-state index contributed by atoms with van der Waals surface area (Å²) in [6, 6.07) is 11.7. The predicted molar refractivity (Wildman–Crippen MR) is 126 cm³/mol. The lowest BCUT2D eigenvalue weighted by Crippen LogP contribution is -2.38. The fourth-order valence-corrected chi connectivity index (χ4v) is 4.36. The van der Waals surface area contributed by atoms with E-state index in [2.05, 4.69) is 13.0 Å². The monoisotopic (exact) mass is 437 g/mol. The molecule has 1 aliphatic rings. The minimum atomic E-state index is 0.0664. The van der Waals surface area contributed by atoms with Crippen molar-refractivity contribution in [3.05, 3.63) is 59.3 Å². The summed E-state index contributed by atoms with van der Waals surface area (Å²) in [4.78, 5) is 14.9. The van der Waals surface area contributed by atoms with E-state index in [1.54, 1.807) is 12.3 Å². The van der Waals surface area contributed by atoms with E-state index in [1.165, 1.54) is 6.42 Å². The first-order valence-electron chi connectivity index (χ1n) is 10.9. The molecule has 3 aromatic rings. The maximum Gasteiger partial charge on any atom is 0.246 e. The normalized spacial score (nSPS) is 17.2. The third-order valence-corrected chi connectivity index (χ3v) is 6.12. The van der Waals surface area contributed by atoms with Crippen LogP contribution in [0.15, 0.2) is 53.2 Å². The fraction of sp³-hybridized carbons (Fsp3) is 0.346. The summed E-state index contributed by atoms with van der Waals surface area (Å²) in [5.74, 6) is 1.34. The zero-order valence-electron chi connectivity index (χ0n) is 18.3. The summed E-state index contributed by atoms with van der Waals surface area (Å²) in [7, 11) is 0. The lowest BCUT2D eigenvalue weighted by atomic mass is 9.98. The number of rotatable bonds is 5. The maximum atomic E-state index is 12.9. The van der Waals surface area contributed by atoms with Crippen molar-refractivity contribution in [1.29, 1.82) is 0 Å². The number of allylic oxidation sites excluding steroid dienone is 1. The Bertz CT molecular complexity index is 1110. The molecule has 0 radical (unpaired) electrons. The lowest BCUT2D eigenvalue weighted by Gasteiger charge is -2.30. The van der Waals surface area contributed by atoms with Gasteiger partial charge in [0.1, 0.15) is 11.3 Å². The highest BCUT2D eigenvalue weighted by molar-refractivity contribution is 6.30. The van der Waals surface area contributed by atoms with E-state index in [9.17, 15) is 4.79 Å². The number of carbonyl (C=O) groups is 1. The third kappa shape index (κ3) is 4.64. The first-order valence-corrected chi connectivity index (χ1v) is 11.3. The van der Waals surface area contributed by atoms with Gasteiger partial charge in [-0.05, 0) is 61.9 Å². The van der Waals surface area contributed by atoms with E-state index < -0.39 is 0 Å². The number of piperidine rings is 1. The van der Waals surface area contributed by atoms with E-state index in [0.29, 0.717) is 17.5 Å². The molecule has 0 saturated carbocycles. The van der Waals surface area contributed by atoms with E-state index in [1.807, 2.05) is 49.1 Å². The van der Waals surface area contributed by atoms with E-state index in [0.717, 1.165) is 58.5 Å². The molecule has 2 aromatic carbocycles. The Kier molecular flexibility index (Phi) is 6.38. The number of hydrogen-bond donors (Lipinski definition) is 0. The molecular formula is C26H28ClNO3. The molecule has 0 aliphatic carbocycles. The summed E-state index contributed by atoms with van der Waals surface area (Å²) >= 11 is 6.05. The number of fused-ring (bicyclic) bond motifs is 1. The fourth-order valence-electron chi connectivity index (χ4n) is 4.23. The summed E-state index contributed by atoms with van der Waals surface area (Å²) in [5, 5.41) is 1.67. The molecule has 1 aliphatic heterocycles. The Morgan fingerprint density at radius 2 is 2.06 bits per heavy atom. The summed E-state index contributed by atoms with van der Waals surface area (Å²) in [6.45, 7) is 8.31. The largest absolute Gasteiger partial charge is 0.493 e. The van der Waals surface area contributed by atoms with Crippen LogP contribution >= 0.6 is 11.6 Å². The molecule has 0 spiro atoms. The minimum absolute atomic E-state index is 0.0664. The van der Waals surface area contributed by atoms with Crippen LogP contribution in [0.5, 0.6) is 5.75 Å². The summed E-state index contributed by atoms with van der Waals surface area (Å²) < 4.78 is 11.7. The molecule has 1 fully saturated rings. The molecular weight excluding hydrogens is 410 g/mol. The number of furan rings is 1. The molecule has 1 unspecified atom stereocenters. The topological polar surface area (TPSA) is 42.7 Å². The van der Waals surface area contributed by atoms with Gasteiger partial charge in [-0.2, -0.15) is 0 Å². The van der Waals surface area contributed by atoms with Crippen molar-refractivity contribution in [2.45, 2.75) is 33.6 Å². The predicted octanol–water partition coefficient (Wildman–Crippen LogP) is 6.81. The second kappa shape index (κ2) is 9.19. The highest BCUT2D eigenvalue weighted by Gasteiger charge is 2.21. The molecule has 1 saturated heterocycles. The molecule has 5 heteroatoms. The Hall–Kier alpha value is -2.72. The molecule has 1 atom stereocenters. The molecule has 2 heterocycles. The van der Waals surface area contributed by atoms with Gasteiger partial charge in [0, 0.05) is 46.8 Å². The molecule has 1 amide bonds. The quantitative estimate of drug-likeness (QED) is 0.411. The van der Waals surface area contributed by atoms with E-state index in [-0.39, 0.29) is 5.91 Å². The Labute approximate surface area is 188 Å². The van der Waals surface area contributed by atoms with Crippen LogP contribution in [-0.2, 0) is 4.79 Å². The van der Waals surface area contributed by atoms with Gasteiger partial charge in [0.15, 0.2) is 0 Å². The Morgan fingerprint density at radius 3 is 2.77 bits per heavy atom. The van der Waals surface area contributed by atoms with Gasteiger partial charge in [0.2, 0.25) is 5.91 Å². The molecule has 0 N–H and O–H groups in total. The highest BCUT2D eigenvalue weighted by atomic mass is 35.5. The number of halogens is 1. The van der Waals surface area contributed by atoms with Gasteiger partial charge >= 0.3 is 0 Å². The molecule has 4 nitrogen and oxygen atoms in total. The number of benzene rings is 2. The zero-order chi connectivity index (χ0) is 22.0. The first-order chi connectivity index (χ1) is 15.0. The van der Waals surface area contributed by atoms with Crippen molar-refractivity contribution in [1.82, 2.24) is 4.90 Å². The van der Waals surface area contributed by atoms with Gasteiger partial charge in [-0.25, -0.2) is 0 Å². The second-order valence-corrected chi connectivity index (χ2v) is 8.73. The lowest BCUT2D eigenvalue weighted by molar-refractivity contribution is -0.127. The summed E-state index contributed by atoms with van der Waals surface area (Å²) in [5.41, 5.74) is 4.56. The zero-order valence-corrected chi connectivity index (χ0v) is 19.0. The molecule has 4 rings (SSSR count). The molecule has 1 aromatic heterocycles. The van der Waals surface area contributed by atoms with Crippen molar-refractivity contribution in [2.75, 3.05) is 19.7 Å². The van der Waals surface area contributed by atoms with Gasteiger partial charge in [0.05, 0.1) is 12.9 Å². The third-order valence-electron chi connectivity index (χ3n) is 5.86. The van der Waals surface area contributed by atoms with E-state index in [4.69, 9.17) is 20.8 Å². The van der Waals surface area contributed by atoms with Crippen LogP contribution in [0.25, 0.3) is 27.7 Å². The second-order valence-electron chi connectivity index (χ2n) is 8.29. The van der Waals surface area contributed by atoms with Gasteiger partial charge in [0.25, 0.3) is 0 Å². The standard InChI is InChI=1S/C26H28ClNO3/c1-4-30-24-14-25-22(23(16-31-25)19-7-9-20(27)10-8-19)13-21(24)18(3)12-26(29)28-11-5-6-17(2)15-28/h7-10,12-14,16-17H,4-6,11,15H2,1-3H3/b18-12+. The number of nitrogens with zero attached hydrogens (tertiary/aromatic N) is 1. The average molecular weight is 438 g/mol. The van der Waals surface area contributed by atoms with Crippen molar-refractivity contribution in [3.63, 3.8) is 0 Å². The van der Waals surface area contributed by atoms with Crippen LogP contribution in [0, 0.1) is 5.92 Å². The van der Waals surface area contributed by atoms with Gasteiger partial charge in [-0.15, -0.1) is 0 Å². The highest BCUT2D eigenvalue weighted by Crippen LogP contribution is 2.38. The number of ether oxygens (including phenoxy) is 1. The Morgan fingerprint density at radius 1 is 1.29 bits per heavy atom. The molecule has 31 heavy (non-hydrogen) atoms. The smallest absolute Gasteiger partial charge is 0.246 e. The van der Waals surface area contributed by atoms with Crippen LogP contribution in [0.2, 0.25) is 5.02 Å². The summed E-state index contributed by atoms with van der Waals surface area (Å²) in [6.07, 6.45) is 5.75. The minimum Gasteiger partial charge on any atom is -0.493 e. The van der Waals surface area contributed by atoms with Crippen LogP contribution in [0.1, 0.15) is 39.2 Å². The van der Waals surface area contributed by atoms with Crippen molar-refractivity contribution in [3.8, 4) is 16.9 Å². The first kappa shape index (κ1) is 21.5. The van der Waals surface area contributed by atoms with E-state index >= 15 is 0 Å².